The van der Waals surface area contributed by atoms with Gasteiger partial charge in [-0.2, -0.15) is 5.10 Å². The quantitative estimate of drug-likeness (QED) is 0.841. The third kappa shape index (κ3) is 2.05. The van der Waals surface area contributed by atoms with Crippen molar-refractivity contribution in [3.63, 3.8) is 0 Å². The van der Waals surface area contributed by atoms with Crippen molar-refractivity contribution >= 4 is 11.8 Å². The summed E-state index contributed by atoms with van der Waals surface area (Å²) in [5, 5.41) is 9.73. The number of nitrogens with one attached hydrogen (secondary N) is 2. The summed E-state index contributed by atoms with van der Waals surface area (Å²) in [7, 11) is 0. The van der Waals surface area contributed by atoms with Gasteiger partial charge in [0.1, 0.15) is 17.5 Å². The van der Waals surface area contributed by atoms with Gasteiger partial charge in [-0.1, -0.05) is 6.07 Å². The molecule has 0 spiro atoms. The predicted octanol–water partition coefficient (Wildman–Crippen LogP) is 1.78. The molecule has 0 radical (unpaired) electrons. The molecule has 1 fully saturated rings. The van der Waals surface area contributed by atoms with Gasteiger partial charge in [0, 0.05) is 6.42 Å². The lowest BCUT2D eigenvalue weighted by Crippen LogP contribution is -2.25. The van der Waals surface area contributed by atoms with Gasteiger partial charge in [-0.05, 0) is 30.7 Å². The molecule has 1 aromatic heterocycles. The molecule has 2 unspecified atom stereocenters. The SMILES string of the molecule is CC1(c2ccc3c(c2)OCO3)CC(Nc2ccn[nH]2)C(=O)O1. The maximum atomic E-state index is 12.1. The number of anilines is 1. The van der Waals surface area contributed by atoms with Crippen molar-refractivity contribution in [2.75, 3.05) is 12.1 Å². The molecule has 4 rings (SSSR count). The van der Waals surface area contributed by atoms with E-state index in [4.69, 9.17) is 14.2 Å². The number of H-pyrrole nitrogens is 1. The first-order chi connectivity index (χ1) is 10.6. The van der Waals surface area contributed by atoms with Crippen molar-refractivity contribution in [1.29, 1.82) is 0 Å². The second kappa shape index (κ2) is 4.66. The number of esters is 1. The Labute approximate surface area is 126 Å². The summed E-state index contributed by atoms with van der Waals surface area (Å²) >= 11 is 0. The average molecular weight is 301 g/mol. The molecule has 2 N–H and O–H groups in total. The standard InChI is InChI=1S/C15H15N3O4/c1-15(9-2-3-11-12(6-9)21-8-20-11)7-10(14(19)22-15)17-13-4-5-16-18-13/h2-6,10H,7-8H2,1H3,(H2,16,17,18). The molecule has 114 valence electrons. The Morgan fingerprint density at radius 2 is 2.18 bits per heavy atom. The van der Waals surface area contributed by atoms with Gasteiger partial charge in [-0.25, -0.2) is 4.79 Å². The van der Waals surface area contributed by atoms with Gasteiger partial charge in [-0.15, -0.1) is 0 Å². The Morgan fingerprint density at radius 3 is 3.00 bits per heavy atom. The van der Waals surface area contributed by atoms with Crippen molar-refractivity contribution in [3.05, 3.63) is 36.0 Å². The molecule has 22 heavy (non-hydrogen) atoms. The van der Waals surface area contributed by atoms with Crippen molar-refractivity contribution in [2.45, 2.75) is 25.0 Å². The van der Waals surface area contributed by atoms with Crippen LogP contribution < -0.4 is 14.8 Å². The second-order valence-electron chi connectivity index (χ2n) is 5.59. The largest absolute Gasteiger partial charge is 0.454 e. The highest BCUT2D eigenvalue weighted by Crippen LogP contribution is 2.42. The first kappa shape index (κ1) is 13.0. The van der Waals surface area contributed by atoms with E-state index in [1.807, 2.05) is 25.1 Å². The van der Waals surface area contributed by atoms with Crippen LogP contribution in [-0.2, 0) is 15.1 Å². The molecule has 7 heteroatoms. The number of cyclic esters (lactones) is 1. The highest BCUT2D eigenvalue weighted by atomic mass is 16.7. The van der Waals surface area contributed by atoms with Crippen molar-refractivity contribution in [3.8, 4) is 11.5 Å². The summed E-state index contributed by atoms with van der Waals surface area (Å²) < 4.78 is 16.3. The number of ether oxygens (including phenoxy) is 3. The third-order valence-electron chi connectivity index (χ3n) is 4.02. The number of carbonyl (C=O) groups excluding carboxylic acids is 1. The van der Waals surface area contributed by atoms with E-state index in [0.29, 0.717) is 23.7 Å². The van der Waals surface area contributed by atoms with E-state index in [-0.39, 0.29) is 12.8 Å². The molecule has 2 aromatic rings. The number of hydrogen-bond donors (Lipinski definition) is 2. The van der Waals surface area contributed by atoms with E-state index in [1.165, 1.54) is 0 Å². The Bertz CT molecular complexity index is 716. The Kier molecular flexibility index (Phi) is 2.75. The van der Waals surface area contributed by atoms with Crippen LogP contribution in [0.5, 0.6) is 11.5 Å². The van der Waals surface area contributed by atoms with E-state index in [9.17, 15) is 4.79 Å². The Hall–Kier alpha value is -2.70. The summed E-state index contributed by atoms with van der Waals surface area (Å²) in [5.74, 6) is 1.80. The molecule has 2 aliphatic rings. The van der Waals surface area contributed by atoms with E-state index >= 15 is 0 Å². The van der Waals surface area contributed by atoms with Crippen molar-refractivity contribution in [1.82, 2.24) is 10.2 Å². The lowest BCUT2D eigenvalue weighted by Gasteiger charge is -2.23. The molecule has 0 bridgehead atoms. The second-order valence-corrected chi connectivity index (χ2v) is 5.59. The molecule has 1 saturated heterocycles. The number of carbonyl (C=O) groups is 1. The highest BCUT2D eigenvalue weighted by Gasteiger charge is 2.45. The summed E-state index contributed by atoms with van der Waals surface area (Å²) in [6.07, 6.45) is 2.14. The topological polar surface area (TPSA) is 85.5 Å². The van der Waals surface area contributed by atoms with E-state index < -0.39 is 11.6 Å². The molecule has 0 saturated carbocycles. The fourth-order valence-corrected chi connectivity index (χ4v) is 2.84. The number of rotatable bonds is 3. The normalized spacial score (nSPS) is 26.0. The van der Waals surface area contributed by atoms with Crippen LogP contribution in [0.15, 0.2) is 30.5 Å². The van der Waals surface area contributed by atoms with Gasteiger partial charge < -0.3 is 19.5 Å². The molecule has 7 nitrogen and oxygen atoms in total. The zero-order valence-corrected chi connectivity index (χ0v) is 12.0. The van der Waals surface area contributed by atoms with Crippen LogP contribution in [0.4, 0.5) is 5.82 Å². The zero-order valence-electron chi connectivity index (χ0n) is 12.0. The molecule has 2 atom stereocenters. The average Bonchev–Trinajstić information content (AvgIpc) is 3.21. The van der Waals surface area contributed by atoms with Crippen LogP contribution in [0.2, 0.25) is 0 Å². The zero-order chi connectivity index (χ0) is 15.2. The fraction of sp³-hybridized carbons (Fsp3) is 0.333. The number of nitrogens with zero attached hydrogens (tertiary/aromatic N) is 1. The van der Waals surface area contributed by atoms with Crippen LogP contribution >= 0.6 is 0 Å². The maximum Gasteiger partial charge on any atom is 0.329 e. The summed E-state index contributed by atoms with van der Waals surface area (Å²) in [6.45, 7) is 2.12. The monoisotopic (exact) mass is 301 g/mol. The first-order valence-corrected chi connectivity index (χ1v) is 7.03. The molecule has 1 aromatic carbocycles. The van der Waals surface area contributed by atoms with Crippen molar-refractivity contribution < 1.29 is 19.0 Å². The van der Waals surface area contributed by atoms with Gasteiger partial charge in [0.2, 0.25) is 6.79 Å². The Balaban J connectivity index is 1.58. The van der Waals surface area contributed by atoms with E-state index in [0.717, 1.165) is 5.56 Å². The predicted molar refractivity (Wildman–Crippen MR) is 76.6 cm³/mol. The van der Waals surface area contributed by atoms with E-state index in [1.54, 1.807) is 12.3 Å². The molecule has 0 amide bonds. The Morgan fingerprint density at radius 1 is 1.32 bits per heavy atom. The third-order valence-corrected chi connectivity index (χ3v) is 4.02. The van der Waals surface area contributed by atoms with Crippen LogP contribution in [0.1, 0.15) is 18.9 Å². The summed E-state index contributed by atoms with van der Waals surface area (Å²) in [4.78, 5) is 12.1. The van der Waals surface area contributed by atoms with Gasteiger partial charge in [-0.3, -0.25) is 5.10 Å². The van der Waals surface area contributed by atoms with Crippen LogP contribution in [0.3, 0.4) is 0 Å². The number of benzene rings is 1. The van der Waals surface area contributed by atoms with Crippen LogP contribution in [-0.4, -0.2) is 29.0 Å². The minimum absolute atomic E-state index is 0.222. The molecular weight excluding hydrogens is 286 g/mol. The summed E-state index contributed by atoms with van der Waals surface area (Å²) in [5.41, 5.74) is 0.189. The number of aromatic amines is 1. The van der Waals surface area contributed by atoms with Gasteiger partial charge in [0.25, 0.3) is 0 Å². The number of aromatic nitrogens is 2. The lowest BCUT2D eigenvalue weighted by atomic mass is 9.91. The van der Waals surface area contributed by atoms with Crippen LogP contribution in [0.25, 0.3) is 0 Å². The maximum absolute atomic E-state index is 12.1. The first-order valence-electron chi connectivity index (χ1n) is 7.03. The van der Waals surface area contributed by atoms with Gasteiger partial charge in [0.15, 0.2) is 11.5 Å². The smallest absolute Gasteiger partial charge is 0.329 e. The highest BCUT2D eigenvalue weighted by molar-refractivity contribution is 5.82. The van der Waals surface area contributed by atoms with Crippen molar-refractivity contribution in [2.24, 2.45) is 0 Å². The summed E-state index contributed by atoms with van der Waals surface area (Å²) in [6, 6.07) is 6.96. The van der Waals surface area contributed by atoms with Gasteiger partial charge in [0.05, 0.1) is 6.20 Å². The minimum atomic E-state index is -0.699. The molecule has 2 aliphatic heterocycles. The van der Waals surface area contributed by atoms with E-state index in [2.05, 4.69) is 15.5 Å². The van der Waals surface area contributed by atoms with Crippen LogP contribution in [0, 0.1) is 0 Å². The minimum Gasteiger partial charge on any atom is -0.454 e. The molecule has 3 heterocycles. The lowest BCUT2D eigenvalue weighted by molar-refractivity contribution is -0.148. The number of fused-ring (bicyclic) bond motifs is 1. The number of hydrogen-bond acceptors (Lipinski definition) is 6. The molecular formula is C15H15N3O4. The molecule has 0 aliphatic carbocycles. The van der Waals surface area contributed by atoms with Gasteiger partial charge >= 0.3 is 5.97 Å². The fourth-order valence-electron chi connectivity index (χ4n) is 2.84.